The second kappa shape index (κ2) is 10.3. The predicted molar refractivity (Wildman–Crippen MR) is 110 cm³/mol. The third-order valence-corrected chi connectivity index (χ3v) is 5.48. The van der Waals surface area contributed by atoms with Gasteiger partial charge in [0.1, 0.15) is 5.75 Å². The highest BCUT2D eigenvalue weighted by Gasteiger charge is 2.27. The Bertz CT molecular complexity index is 690. The maximum absolute atomic E-state index is 13.3. The highest BCUT2D eigenvalue weighted by atomic mass is 16.5. The summed E-state index contributed by atoms with van der Waals surface area (Å²) >= 11 is 0. The summed E-state index contributed by atoms with van der Waals surface area (Å²) in [5, 5.41) is 0. The van der Waals surface area contributed by atoms with Gasteiger partial charge in [0.25, 0.3) is 0 Å². The summed E-state index contributed by atoms with van der Waals surface area (Å²) in [6.07, 6.45) is 6.04. The third kappa shape index (κ3) is 5.67. The van der Waals surface area contributed by atoms with Crippen molar-refractivity contribution in [2.45, 2.75) is 44.9 Å². The average Bonchev–Trinajstić information content (AvgIpc) is 2.74. The van der Waals surface area contributed by atoms with Crippen molar-refractivity contribution < 1.29 is 14.4 Å². The number of likely N-dealkylation sites (tertiary alicyclic amines) is 1. The van der Waals surface area contributed by atoms with Gasteiger partial charge in [-0.05, 0) is 55.5 Å². The van der Waals surface area contributed by atoms with E-state index in [0.29, 0.717) is 0 Å². The van der Waals surface area contributed by atoms with Crippen LogP contribution in [0, 0.1) is 0 Å². The van der Waals surface area contributed by atoms with Gasteiger partial charge in [-0.25, -0.2) is 0 Å². The largest absolute Gasteiger partial charge is 0.494 e. The fraction of sp³-hybridized carbons (Fsp3) is 0.458. The second-order valence-electron chi connectivity index (χ2n) is 7.57. The molecule has 0 radical (unpaired) electrons. The smallest absolute Gasteiger partial charge is 0.175 e. The van der Waals surface area contributed by atoms with E-state index in [9.17, 15) is 4.79 Å². The first-order valence-corrected chi connectivity index (χ1v) is 10.4. The van der Waals surface area contributed by atoms with Crippen molar-refractivity contribution in [2.24, 2.45) is 0 Å². The van der Waals surface area contributed by atoms with Crippen molar-refractivity contribution in [1.82, 2.24) is 0 Å². The number of unbranched alkanes of at least 4 members (excludes halogenated alkanes) is 1. The normalized spacial score (nSPS) is 16.0. The van der Waals surface area contributed by atoms with Gasteiger partial charge in [0.05, 0.1) is 32.2 Å². The molecule has 0 aliphatic carbocycles. The number of carbonyl (C=O) groups excluding carboxylic acids is 1. The maximum atomic E-state index is 13.3. The Morgan fingerprint density at radius 1 is 1.00 bits per heavy atom. The molecular formula is C24H32NO2+. The van der Waals surface area contributed by atoms with E-state index in [1.54, 1.807) is 4.90 Å². The zero-order valence-electron chi connectivity index (χ0n) is 16.5. The fourth-order valence-corrected chi connectivity index (χ4v) is 3.84. The van der Waals surface area contributed by atoms with Crippen LogP contribution in [-0.4, -0.2) is 32.0 Å². The van der Waals surface area contributed by atoms with Gasteiger partial charge in [-0.3, -0.25) is 4.79 Å². The van der Waals surface area contributed by atoms with Crippen LogP contribution < -0.4 is 9.64 Å². The molecule has 0 amide bonds. The summed E-state index contributed by atoms with van der Waals surface area (Å²) in [6, 6.07) is 18.0. The fourth-order valence-electron chi connectivity index (χ4n) is 3.84. The molecule has 2 aromatic rings. The number of ketones is 1. The van der Waals surface area contributed by atoms with Crippen LogP contribution >= 0.6 is 0 Å². The molecule has 1 N–H and O–H groups in total. The summed E-state index contributed by atoms with van der Waals surface area (Å²) in [6.45, 7) is 6.13. The Kier molecular flexibility index (Phi) is 7.46. The van der Waals surface area contributed by atoms with Gasteiger partial charge in [-0.1, -0.05) is 43.7 Å². The van der Waals surface area contributed by atoms with Crippen molar-refractivity contribution in [1.29, 1.82) is 0 Å². The monoisotopic (exact) mass is 366 g/mol. The maximum Gasteiger partial charge on any atom is 0.175 e. The van der Waals surface area contributed by atoms with Crippen molar-refractivity contribution in [3.8, 4) is 5.75 Å². The van der Waals surface area contributed by atoms with Crippen LogP contribution in [0.1, 0.15) is 60.9 Å². The molecule has 1 aliphatic heterocycles. The Morgan fingerprint density at radius 2 is 1.70 bits per heavy atom. The first kappa shape index (κ1) is 19.6. The summed E-state index contributed by atoms with van der Waals surface area (Å²) in [4.78, 5) is 14.9. The lowest BCUT2D eigenvalue weighted by Gasteiger charge is -2.27. The molecule has 1 aliphatic rings. The van der Waals surface area contributed by atoms with Gasteiger partial charge in [0, 0.05) is 5.56 Å². The highest BCUT2D eigenvalue weighted by molar-refractivity contribution is 6.01. The van der Waals surface area contributed by atoms with Crippen LogP contribution in [-0.2, 0) is 0 Å². The Morgan fingerprint density at radius 3 is 2.37 bits per heavy atom. The minimum absolute atomic E-state index is 0.0776. The van der Waals surface area contributed by atoms with Gasteiger partial charge in [-0.2, -0.15) is 0 Å². The molecule has 0 spiro atoms. The van der Waals surface area contributed by atoms with Gasteiger partial charge in [0.15, 0.2) is 5.78 Å². The molecule has 144 valence electrons. The molecule has 1 atom stereocenters. The number of ether oxygens (including phenoxy) is 1. The second-order valence-corrected chi connectivity index (χ2v) is 7.57. The summed E-state index contributed by atoms with van der Waals surface area (Å²) in [5.74, 6) is 0.989. The van der Waals surface area contributed by atoms with Crippen LogP contribution in [0.3, 0.4) is 0 Å². The van der Waals surface area contributed by atoms with Gasteiger partial charge in [0.2, 0.25) is 0 Å². The molecule has 0 bridgehead atoms. The number of hydrogen-bond acceptors (Lipinski definition) is 2. The lowest BCUT2D eigenvalue weighted by atomic mass is 9.89. The SMILES string of the molecule is CCCCOc1ccc(C(=O)[C@H](C[NH+]2CCCCC2)c2ccccc2)cc1. The summed E-state index contributed by atoms with van der Waals surface area (Å²) < 4.78 is 5.73. The van der Waals surface area contributed by atoms with Crippen molar-refractivity contribution in [3.05, 3.63) is 65.7 Å². The third-order valence-electron chi connectivity index (χ3n) is 5.48. The Balaban J connectivity index is 1.73. The molecule has 27 heavy (non-hydrogen) atoms. The molecule has 3 heteroatoms. The molecule has 0 unspecified atom stereocenters. The van der Waals surface area contributed by atoms with E-state index in [1.807, 2.05) is 42.5 Å². The molecule has 0 aromatic heterocycles. The molecular weight excluding hydrogens is 334 g/mol. The topological polar surface area (TPSA) is 30.7 Å². The lowest BCUT2D eigenvalue weighted by molar-refractivity contribution is -0.905. The molecule has 1 fully saturated rings. The van der Waals surface area contributed by atoms with Crippen LogP contribution in [0.2, 0.25) is 0 Å². The highest BCUT2D eigenvalue weighted by Crippen LogP contribution is 2.22. The van der Waals surface area contributed by atoms with Crippen LogP contribution in [0.5, 0.6) is 5.75 Å². The molecule has 3 nitrogen and oxygen atoms in total. The number of piperidine rings is 1. The average molecular weight is 367 g/mol. The molecule has 1 saturated heterocycles. The number of rotatable bonds is 9. The van der Waals surface area contributed by atoms with Gasteiger partial charge < -0.3 is 9.64 Å². The van der Waals surface area contributed by atoms with Crippen LogP contribution in [0.15, 0.2) is 54.6 Å². The molecule has 2 aromatic carbocycles. The van der Waals surface area contributed by atoms with Crippen LogP contribution in [0.25, 0.3) is 0 Å². The minimum Gasteiger partial charge on any atom is -0.494 e. The number of nitrogens with one attached hydrogen (secondary N) is 1. The van der Waals surface area contributed by atoms with E-state index in [0.717, 1.165) is 42.9 Å². The first-order valence-electron chi connectivity index (χ1n) is 10.4. The number of carbonyl (C=O) groups is 1. The van der Waals surface area contributed by atoms with E-state index in [2.05, 4.69) is 19.1 Å². The summed E-state index contributed by atoms with van der Waals surface area (Å²) in [5.41, 5.74) is 1.91. The van der Waals surface area contributed by atoms with E-state index >= 15 is 0 Å². The number of benzene rings is 2. The quantitative estimate of drug-likeness (QED) is 0.539. The number of Topliss-reactive ketones (excluding diaryl/α,β-unsaturated/α-hetero) is 1. The zero-order chi connectivity index (χ0) is 18.9. The Labute approximate surface area is 163 Å². The predicted octanol–water partition coefficient (Wildman–Crippen LogP) is 3.90. The van der Waals surface area contributed by atoms with Crippen molar-refractivity contribution in [3.63, 3.8) is 0 Å². The number of hydrogen-bond donors (Lipinski definition) is 1. The van der Waals surface area contributed by atoms with E-state index in [-0.39, 0.29) is 11.7 Å². The van der Waals surface area contributed by atoms with Gasteiger partial charge in [-0.15, -0.1) is 0 Å². The van der Waals surface area contributed by atoms with Crippen molar-refractivity contribution >= 4 is 5.78 Å². The number of quaternary nitrogens is 1. The van der Waals surface area contributed by atoms with Crippen LogP contribution in [0.4, 0.5) is 0 Å². The Hall–Kier alpha value is -2.13. The van der Waals surface area contributed by atoms with E-state index in [4.69, 9.17) is 4.74 Å². The standard InChI is InChI=1S/C24H31NO2/c1-2-3-18-27-22-14-12-21(13-15-22)24(26)23(20-10-6-4-7-11-20)19-25-16-8-5-9-17-25/h4,6-7,10-15,23H,2-3,5,8-9,16-19H2,1H3/p+1/t23-/m1/s1. The van der Waals surface area contributed by atoms with E-state index < -0.39 is 0 Å². The van der Waals surface area contributed by atoms with E-state index in [1.165, 1.54) is 32.4 Å². The zero-order valence-corrected chi connectivity index (χ0v) is 16.5. The molecule has 0 saturated carbocycles. The molecule has 3 rings (SSSR count). The van der Waals surface area contributed by atoms with Crippen molar-refractivity contribution in [2.75, 3.05) is 26.2 Å². The summed E-state index contributed by atoms with van der Waals surface area (Å²) in [7, 11) is 0. The first-order chi connectivity index (χ1) is 13.3. The molecule has 1 heterocycles. The minimum atomic E-state index is -0.0776. The lowest BCUT2D eigenvalue weighted by Crippen LogP contribution is -3.13. The van der Waals surface area contributed by atoms with Gasteiger partial charge >= 0.3 is 0 Å².